The highest BCUT2D eigenvalue weighted by molar-refractivity contribution is 5.99. The fourth-order valence-electron chi connectivity index (χ4n) is 4.69. The van der Waals surface area contributed by atoms with Crippen LogP contribution < -0.4 is 15.2 Å². The van der Waals surface area contributed by atoms with Crippen LogP contribution in [0.25, 0.3) is 11.3 Å². The average molecular weight is 525 g/mol. The molecule has 4 aromatic rings. The lowest BCUT2D eigenvalue weighted by Crippen LogP contribution is -2.36. The lowest BCUT2D eigenvalue weighted by molar-refractivity contribution is 0.122. The molecular formula is C29H29FN8O. The molecule has 1 fully saturated rings. The molecule has 6 rings (SSSR count). The number of halogens is 1. The van der Waals surface area contributed by atoms with Crippen LogP contribution in [-0.4, -0.2) is 65.7 Å². The summed E-state index contributed by atoms with van der Waals surface area (Å²) in [5, 5.41) is 9.98. The summed E-state index contributed by atoms with van der Waals surface area (Å²) >= 11 is 0. The van der Waals surface area contributed by atoms with Crippen molar-refractivity contribution in [2.45, 2.75) is 6.92 Å². The monoisotopic (exact) mass is 524 g/mol. The Hall–Kier alpha value is -4.57. The largest absolute Gasteiger partial charge is 0.378 e. The molecule has 0 bridgehead atoms. The SMILES string of the molecule is Cc1ccnc(C2=NN(c3ccc(Nc4nccc(-c5cc(F)cc(N6CCOCC6)c5)n4)cc3)CN2C)c1. The Bertz CT molecular complexity index is 1500. The molecule has 0 saturated carbocycles. The fraction of sp³-hybridized carbons (Fsp3) is 0.241. The molecular weight excluding hydrogens is 495 g/mol. The first-order chi connectivity index (χ1) is 19.0. The van der Waals surface area contributed by atoms with Crippen LogP contribution in [0.1, 0.15) is 11.3 Å². The normalized spacial score (nSPS) is 15.5. The molecule has 10 heteroatoms. The number of ether oxygens (including phenoxy) is 1. The third-order valence-corrected chi connectivity index (χ3v) is 6.70. The molecule has 1 N–H and O–H groups in total. The fourth-order valence-corrected chi connectivity index (χ4v) is 4.69. The van der Waals surface area contributed by atoms with Crippen LogP contribution in [0.3, 0.4) is 0 Å². The number of benzene rings is 2. The number of aromatic nitrogens is 3. The van der Waals surface area contributed by atoms with Gasteiger partial charge in [-0.3, -0.25) is 4.98 Å². The number of hydrazone groups is 1. The zero-order valence-corrected chi connectivity index (χ0v) is 21.9. The summed E-state index contributed by atoms with van der Waals surface area (Å²) in [6.45, 7) is 5.42. The van der Waals surface area contributed by atoms with Crippen molar-refractivity contribution in [3.05, 3.63) is 90.1 Å². The minimum atomic E-state index is -0.297. The smallest absolute Gasteiger partial charge is 0.227 e. The predicted octanol–water partition coefficient (Wildman–Crippen LogP) is 4.64. The maximum Gasteiger partial charge on any atom is 0.227 e. The van der Waals surface area contributed by atoms with Crippen molar-refractivity contribution in [1.82, 2.24) is 19.9 Å². The lowest BCUT2D eigenvalue weighted by Gasteiger charge is -2.29. The molecule has 0 unspecified atom stereocenters. The number of anilines is 4. The molecule has 0 atom stereocenters. The van der Waals surface area contributed by atoms with Crippen molar-refractivity contribution in [1.29, 1.82) is 0 Å². The van der Waals surface area contributed by atoms with E-state index in [2.05, 4.69) is 30.1 Å². The molecule has 0 spiro atoms. The highest BCUT2D eigenvalue weighted by Crippen LogP contribution is 2.28. The van der Waals surface area contributed by atoms with Gasteiger partial charge in [-0.2, -0.15) is 5.10 Å². The molecule has 0 aliphatic carbocycles. The highest BCUT2D eigenvalue weighted by Gasteiger charge is 2.23. The molecule has 2 aliphatic heterocycles. The molecule has 39 heavy (non-hydrogen) atoms. The Kier molecular flexibility index (Phi) is 6.76. The second-order valence-electron chi connectivity index (χ2n) is 9.62. The van der Waals surface area contributed by atoms with Crippen LogP contribution in [0.2, 0.25) is 0 Å². The number of pyridine rings is 1. The Morgan fingerprint density at radius 2 is 1.67 bits per heavy atom. The van der Waals surface area contributed by atoms with E-state index < -0.39 is 0 Å². The Morgan fingerprint density at radius 3 is 2.46 bits per heavy atom. The van der Waals surface area contributed by atoms with Crippen LogP contribution in [-0.2, 0) is 4.74 Å². The second kappa shape index (κ2) is 10.7. The summed E-state index contributed by atoms with van der Waals surface area (Å²) in [5.74, 6) is 0.971. The Labute approximate surface area is 226 Å². The third-order valence-electron chi connectivity index (χ3n) is 6.70. The predicted molar refractivity (Wildman–Crippen MR) is 151 cm³/mol. The van der Waals surface area contributed by atoms with E-state index in [1.807, 2.05) is 61.4 Å². The zero-order chi connectivity index (χ0) is 26.8. The molecule has 9 nitrogen and oxygen atoms in total. The quantitative estimate of drug-likeness (QED) is 0.391. The summed E-state index contributed by atoms with van der Waals surface area (Å²) in [6, 6.07) is 18.7. The van der Waals surface area contributed by atoms with Gasteiger partial charge < -0.3 is 19.9 Å². The lowest BCUT2D eigenvalue weighted by atomic mass is 10.1. The van der Waals surface area contributed by atoms with E-state index in [0.717, 1.165) is 47.2 Å². The van der Waals surface area contributed by atoms with Gasteiger partial charge in [-0.15, -0.1) is 0 Å². The number of nitrogens with one attached hydrogen (secondary N) is 1. The van der Waals surface area contributed by atoms with E-state index in [4.69, 9.17) is 9.84 Å². The molecule has 1 saturated heterocycles. The summed E-state index contributed by atoms with van der Waals surface area (Å²) in [5.41, 5.74) is 5.96. The number of amidine groups is 1. The number of nitrogens with zero attached hydrogens (tertiary/aromatic N) is 7. The summed E-state index contributed by atoms with van der Waals surface area (Å²) in [6.07, 6.45) is 3.48. The van der Waals surface area contributed by atoms with Gasteiger partial charge in [0.2, 0.25) is 5.95 Å². The minimum Gasteiger partial charge on any atom is -0.378 e. The van der Waals surface area contributed by atoms with Gasteiger partial charge >= 0.3 is 0 Å². The van der Waals surface area contributed by atoms with Crippen LogP contribution in [0.15, 0.2) is 78.2 Å². The standard InChI is InChI=1S/C29H29FN8O/c1-20-7-9-31-27(15-20)28-35-38(19-36(28)2)24-5-3-23(4-6-24)33-29-32-10-8-26(34-29)21-16-22(30)18-25(17-21)37-11-13-39-14-12-37/h3-10,15-18H,11-14,19H2,1-2H3,(H,32,33,34). The zero-order valence-electron chi connectivity index (χ0n) is 21.9. The van der Waals surface area contributed by atoms with E-state index in [1.54, 1.807) is 24.5 Å². The average Bonchev–Trinajstić information content (AvgIpc) is 3.35. The number of aryl methyl sites for hydroxylation is 1. The van der Waals surface area contributed by atoms with E-state index in [0.29, 0.717) is 37.1 Å². The van der Waals surface area contributed by atoms with E-state index in [1.165, 1.54) is 6.07 Å². The first kappa shape index (κ1) is 24.7. The van der Waals surface area contributed by atoms with Crippen molar-refractivity contribution in [2.24, 2.45) is 5.10 Å². The van der Waals surface area contributed by atoms with Gasteiger partial charge in [0.15, 0.2) is 5.84 Å². The van der Waals surface area contributed by atoms with Gasteiger partial charge in [0.1, 0.15) is 18.2 Å². The molecule has 2 aliphatic rings. The molecule has 2 aromatic carbocycles. The van der Waals surface area contributed by atoms with Crippen molar-refractivity contribution < 1.29 is 9.13 Å². The van der Waals surface area contributed by atoms with Crippen molar-refractivity contribution >= 4 is 28.8 Å². The molecule has 4 heterocycles. The van der Waals surface area contributed by atoms with Gasteiger partial charge in [-0.1, -0.05) is 0 Å². The summed E-state index contributed by atoms with van der Waals surface area (Å²) in [7, 11) is 2.01. The molecule has 0 radical (unpaired) electrons. The van der Waals surface area contributed by atoms with Gasteiger partial charge in [-0.25, -0.2) is 19.4 Å². The maximum atomic E-state index is 14.5. The van der Waals surface area contributed by atoms with Crippen molar-refractivity contribution in [3.63, 3.8) is 0 Å². The molecule has 198 valence electrons. The van der Waals surface area contributed by atoms with Crippen molar-refractivity contribution in [2.75, 3.05) is 55.2 Å². The molecule has 2 aromatic heterocycles. The van der Waals surface area contributed by atoms with Crippen LogP contribution in [0.5, 0.6) is 0 Å². The van der Waals surface area contributed by atoms with Crippen LogP contribution in [0, 0.1) is 12.7 Å². The number of hydrogen-bond donors (Lipinski definition) is 1. The first-order valence-electron chi connectivity index (χ1n) is 12.9. The summed E-state index contributed by atoms with van der Waals surface area (Å²) < 4.78 is 19.9. The van der Waals surface area contributed by atoms with Gasteiger partial charge in [0.05, 0.1) is 24.6 Å². The van der Waals surface area contributed by atoms with Gasteiger partial charge in [-0.05, 0) is 73.2 Å². The molecule has 0 amide bonds. The van der Waals surface area contributed by atoms with E-state index >= 15 is 0 Å². The van der Waals surface area contributed by atoms with Gasteiger partial charge in [0, 0.05) is 49.5 Å². The van der Waals surface area contributed by atoms with Crippen LogP contribution in [0.4, 0.5) is 27.4 Å². The third kappa shape index (κ3) is 5.51. The maximum absolute atomic E-state index is 14.5. The summed E-state index contributed by atoms with van der Waals surface area (Å²) in [4.78, 5) is 17.7. The van der Waals surface area contributed by atoms with Gasteiger partial charge in [0.25, 0.3) is 0 Å². The first-order valence-corrected chi connectivity index (χ1v) is 12.9. The van der Waals surface area contributed by atoms with Crippen molar-refractivity contribution in [3.8, 4) is 11.3 Å². The van der Waals surface area contributed by atoms with E-state index in [9.17, 15) is 4.39 Å². The highest BCUT2D eigenvalue weighted by atomic mass is 19.1. The minimum absolute atomic E-state index is 0.297. The van der Waals surface area contributed by atoms with E-state index in [-0.39, 0.29) is 5.82 Å². The Balaban J connectivity index is 1.17. The van der Waals surface area contributed by atoms with Crippen LogP contribution >= 0.6 is 0 Å². The Morgan fingerprint density at radius 1 is 0.872 bits per heavy atom. The second-order valence-corrected chi connectivity index (χ2v) is 9.62. The number of rotatable bonds is 6. The number of morpholine rings is 1. The topological polar surface area (TPSA) is 82.0 Å². The number of hydrogen-bond acceptors (Lipinski definition) is 9.